The molecule has 4 aromatic rings. The maximum absolute atomic E-state index is 13.1. The molecule has 51 heavy (non-hydrogen) atoms. The van der Waals surface area contributed by atoms with Gasteiger partial charge in [-0.25, -0.2) is 14.8 Å². The van der Waals surface area contributed by atoms with E-state index in [4.69, 9.17) is 14.2 Å². The van der Waals surface area contributed by atoms with Gasteiger partial charge in [-0.1, -0.05) is 0 Å². The van der Waals surface area contributed by atoms with Gasteiger partial charge in [0.1, 0.15) is 11.4 Å². The van der Waals surface area contributed by atoms with Gasteiger partial charge in [0, 0.05) is 49.3 Å². The Bertz CT molecular complexity index is 2020. The molecule has 4 amide bonds. The average Bonchev–Trinajstić information content (AvgIpc) is 3.92. The molecule has 3 aromatic heterocycles. The molecule has 0 spiro atoms. The van der Waals surface area contributed by atoms with E-state index in [1.807, 2.05) is 11.1 Å². The molecule has 3 N–H and O–H groups in total. The Morgan fingerprint density at radius 1 is 0.980 bits per heavy atom. The molecule has 0 unspecified atom stereocenters. The van der Waals surface area contributed by atoms with Crippen molar-refractivity contribution in [3.8, 4) is 11.5 Å². The van der Waals surface area contributed by atoms with Crippen LogP contribution in [0.3, 0.4) is 0 Å². The number of aliphatic imine (C=N–C) groups is 1. The molecule has 0 bridgehead atoms. The van der Waals surface area contributed by atoms with Gasteiger partial charge < -0.3 is 29.0 Å². The average molecular weight is 735 g/mol. The minimum Gasteiger partial charge on any atom is -0.493 e. The summed E-state index contributed by atoms with van der Waals surface area (Å²) in [5, 5.41) is 11.4. The third-order valence-corrected chi connectivity index (χ3v) is 9.47. The molecule has 0 aliphatic carbocycles. The van der Waals surface area contributed by atoms with Crippen molar-refractivity contribution < 1.29 is 38.2 Å². The first-order valence-corrected chi connectivity index (χ1v) is 17.8. The molecule has 0 saturated carbocycles. The fourth-order valence-corrected chi connectivity index (χ4v) is 6.87. The molecule has 266 valence electrons. The van der Waals surface area contributed by atoms with Crippen LogP contribution in [-0.4, -0.2) is 88.2 Å². The van der Waals surface area contributed by atoms with Crippen molar-refractivity contribution in [3.63, 3.8) is 0 Å². The largest absolute Gasteiger partial charge is 0.493 e. The number of fused-ring (bicyclic) bond motifs is 2. The second-order valence-corrected chi connectivity index (χ2v) is 13.2. The van der Waals surface area contributed by atoms with Crippen molar-refractivity contribution in [2.75, 3.05) is 42.8 Å². The van der Waals surface area contributed by atoms with E-state index in [1.54, 1.807) is 36.9 Å². The van der Waals surface area contributed by atoms with Gasteiger partial charge >= 0.3 is 5.97 Å². The molecular weight excluding hydrogens is 701 g/mol. The van der Waals surface area contributed by atoms with Crippen LogP contribution in [0.25, 0.3) is 0 Å². The number of aryl methyl sites for hydroxylation is 1. The van der Waals surface area contributed by atoms with Crippen molar-refractivity contribution >= 4 is 80.1 Å². The quantitative estimate of drug-likeness (QED) is 0.127. The first-order chi connectivity index (χ1) is 24.6. The normalized spacial score (nSPS) is 14.7. The second kappa shape index (κ2) is 15.5. The highest BCUT2D eigenvalue weighted by molar-refractivity contribution is 7.14. The number of aromatic nitrogens is 3. The minimum atomic E-state index is -0.587. The fraction of sp³-hybridized carbons (Fsp3) is 0.333. The van der Waals surface area contributed by atoms with Gasteiger partial charge in [0.05, 0.1) is 43.3 Å². The third kappa shape index (κ3) is 8.07. The molecule has 0 radical (unpaired) electrons. The van der Waals surface area contributed by atoms with E-state index in [1.165, 1.54) is 23.9 Å². The van der Waals surface area contributed by atoms with Crippen LogP contribution in [0, 0.1) is 0 Å². The molecule has 6 rings (SSSR count). The van der Waals surface area contributed by atoms with E-state index in [2.05, 4.69) is 30.9 Å². The van der Waals surface area contributed by atoms with Gasteiger partial charge in [-0.2, -0.15) is 0 Å². The number of ether oxygens (including phenoxy) is 3. The smallest absolute Gasteiger partial charge is 0.357 e. The lowest BCUT2D eigenvalue weighted by Gasteiger charge is -2.20. The Morgan fingerprint density at radius 2 is 1.73 bits per heavy atom. The Labute approximate surface area is 299 Å². The topological polar surface area (TPSA) is 195 Å². The van der Waals surface area contributed by atoms with Crippen LogP contribution in [0.2, 0.25) is 0 Å². The predicted octanol–water partition coefficient (Wildman–Crippen LogP) is 4.75. The van der Waals surface area contributed by atoms with Gasteiger partial charge in [0.25, 0.3) is 17.7 Å². The molecule has 1 saturated heterocycles. The summed E-state index contributed by atoms with van der Waals surface area (Å²) in [6, 6.07) is 4.86. The number of carbonyl (C=O) groups is 5. The lowest BCUT2D eigenvalue weighted by molar-refractivity contribution is -0.116. The fourth-order valence-electron chi connectivity index (χ4n) is 5.50. The molecule has 18 heteroatoms. The first-order valence-electron chi connectivity index (χ1n) is 16.0. The molecule has 2 aliphatic rings. The number of rotatable bonds is 13. The monoisotopic (exact) mass is 734 g/mol. The number of hydrogen-bond acceptors (Lipinski definition) is 13. The summed E-state index contributed by atoms with van der Waals surface area (Å²) < 4.78 is 17.9. The van der Waals surface area contributed by atoms with E-state index in [9.17, 15) is 24.0 Å². The highest BCUT2D eigenvalue weighted by atomic mass is 32.1. The zero-order valence-electron chi connectivity index (χ0n) is 27.9. The maximum Gasteiger partial charge on any atom is 0.357 e. The minimum absolute atomic E-state index is 0.00741. The van der Waals surface area contributed by atoms with Crippen LogP contribution in [0.15, 0.2) is 40.1 Å². The molecular formula is C33H34N8O8S2. The summed E-state index contributed by atoms with van der Waals surface area (Å²) in [7, 11) is 3.16. The number of carbonyl (C=O) groups excluding carboxylic acids is 5. The lowest BCUT2D eigenvalue weighted by Crippen LogP contribution is -2.35. The van der Waals surface area contributed by atoms with Crippen LogP contribution >= 0.6 is 22.7 Å². The SMILES string of the molecule is CCOC(=O)c1csc(NC(=O)c2csc(NC(=O)c3cc(NC(=O)CCCOc4cc5c(cc4OC)C(=O)N4CCC[C@H]4C=N5)cn3C)n2)n1. The number of nitrogens with one attached hydrogen (secondary N) is 3. The second-order valence-electron chi connectivity index (χ2n) is 11.4. The maximum atomic E-state index is 13.1. The number of benzene rings is 1. The van der Waals surface area contributed by atoms with Gasteiger partial charge in [-0.15, -0.1) is 22.7 Å². The van der Waals surface area contributed by atoms with E-state index < -0.39 is 17.8 Å². The van der Waals surface area contributed by atoms with Crippen LogP contribution in [0.5, 0.6) is 11.5 Å². The van der Waals surface area contributed by atoms with E-state index in [-0.39, 0.29) is 64.8 Å². The highest BCUT2D eigenvalue weighted by Crippen LogP contribution is 2.38. The number of anilines is 3. The van der Waals surface area contributed by atoms with Crippen molar-refractivity contribution in [3.05, 3.63) is 57.8 Å². The number of nitrogens with zero attached hydrogens (tertiary/aromatic N) is 5. The van der Waals surface area contributed by atoms with Crippen molar-refractivity contribution in [2.24, 2.45) is 12.0 Å². The number of hydrogen-bond donors (Lipinski definition) is 3. The Kier molecular flexibility index (Phi) is 10.7. The van der Waals surface area contributed by atoms with Crippen LogP contribution in [0.1, 0.15) is 74.4 Å². The van der Waals surface area contributed by atoms with Gasteiger partial charge in [-0.05, 0) is 38.3 Å². The van der Waals surface area contributed by atoms with Crippen LogP contribution in [-0.2, 0) is 16.6 Å². The van der Waals surface area contributed by atoms with Gasteiger partial charge in [0.2, 0.25) is 5.91 Å². The van der Waals surface area contributed by atoms with Crippen molar-refractivity contribution in [2.45, 2.75) is 38.6 Å². The zero-order chi connectivity index (χ0) is 36.1. The first kappa shape index (κ1) is 35.2. The number of esters is 1. The summed E-state index contributed by atoms with van der Waals surface area (Å²) in [5.74, 6) is -1.15. The number of methoxy groups -OCH3 is 1. The van der Waals surface area contributed by atoms with E-state index in [0.717, 1.165) is 35.5 Å². The van der Waals surface area contributed by atoms with Crippen LogP contribution in [0.4, 0.5) is 21.6 Å². The van der Waals surface area contributed by atoms with E-state index in [0.29, 0.717) is 41.4 Å². The van der Waals surface area contributed by atoms with Crippen molar-refractivity contribution in [1.29, 1.82) is 0 Å². The summed E-state index contributed by atoms with van der Waals surface area (Å²) >= 11 is 2.12. The Balaban J connectivity index is 0.977. The Hall–Kier alpha value is -5.62. The summed E-state index contributed by atoms with van der Waals surface area (Å²) in [5.41, 5.74) is 1.80. The summed E-state index contributed by atoms with van der Waals surface area (Å²) in [6.07, 6.45) is 5.78. The highest BCUT2D eigenvalue weighted by Gasteiger charge is 2.32. The molecule has 5 heterocycles. The summed E-state index contributed by atoms with van der Waals surface area (Å²) in [4.78, 5) is 77.9. The lowest BCUT2D eigenvalue weighted by atomic mass is 10.1. The molecule has 16 nitrogen and oxygen atoms in total. The molecule has 1 atom stereocenters. The standard InChI is InChI=1S/C33H34N8O8S2/c1-4-48-31(46)23-17-51-33(37-23)38-28(43)22-16-50-32(36-22)39-29(44)24-11-18(15-40(24)2)35-27(42)8-6-10-49-26-13-21-20(12-25(26)47-3)30(45)41-9-5-7-19(41)14-34-21/h11-17,19H,4-10H2,1-3H3,(H,35,42)(H,36,39,44)(H,37,38,43)/t19-/m0/s1. The summed E-state index contributed by atoms with van der Waals surface area (Å²) in [6.45, 7) is 2.80. The third-order valence-electron chi connectivity index (χ3n) is 7.95. The van der Waals surface area contributed by atoms with Crippen LogP contribution < -0.4 is 25.4 Å². The molecule has 1 fully saturated rings. The van der Waals surface area contributed by atoms with Crippen molar-refractivity contribution in [1.82, 2.24) is 19.4 Å². The van der Waals surface area contributed by atoms with Gasteiger partial charge in [0.15, 0.2) is 27.5 Å². The number of amides is 4. The zero-order valence-corrected chi connectivity index (χ0v) is 29.5. The van der Waals surface area contributed by atoms with E-state index >= 15 is 0 Å². The predicted molar refractivity (Wildman–Crippen MR) is 190 cm³/mol. The molecule has 1 aromatic carbocycles. The number of thiazole rings is 2. The molecule has 2 aliphatic heterocycles. The Morgan fingerprint density at radius 3 is 2.49 bits per heavy atom. The van der Waals surface area contributed by atoms with Gasteiger partial charge in [-0.3, -0.25) is 34.8 Å².